The Bertz CT molecular complexity index is 887. The molecule has 0 bridgehead atoms. The number of hydrogen-bond acceptors (Lipinski definition) is 6. The summed E-state index contributed by atoms with van der Waals surface area (Å²) in [4.78, 5) is 33.2. The van der Waals surface area contributed by atoms with E-state index < -0.39 is 11.5 Å². The molecule has 1 amide bonds. The maximum Gasteiger partial charge on any atom is 0.271 e. The Kier molecular flexibility index (Phi) is 3.84. The Morgan fingerprint density at radius 2 is 2.32 bits per heavy atom. The highest BCUT2D eigenvalue weighted by molar-refractivity contribution is 7.15. The van der Waals surface area contributed by atoms with E-state index in [1.165, 1.54) is 21.9 Å². The quantitative estimate of drug-likeness (QED) is 0.793. The lowest BCUT2D eigenvalue weighted by Crippen LogP contribution is -2.26. The molecule has 0 radical (unpaired) electrons. The molecule has 22 heavy (non-hydrogen) atoms. The van der Waals surface area contributed by atoms with Crippen LogP contribution in [0.15, 0.2) is 40.8 Å². The molecule has 3 aromatic rings. The molecule has 0 fully saturated rings. The highest BCUT2D eigenvalue weighted by Gasteiger charge is 2.14. The van der Waals surface area contributed by atoms with Crippen molar-refractivity contribution in [3.8, 4) is 5.88 Å². The van der Waals surface area contributed by atoms with Gasteiger partial charge < -0.3 is 10.1 Å². The topological polar surface area (TPSA) is 85.6 Å². The van der Waals surface area contributed by atoms with Crippen LogP contribution in [0.1, 0.15) is 17.3 Å². The molecule has 0 aliphatic heterocycles. The number of fused-ring (bicyclic) bond motifs is 1. The van der Waals surface area contributed by atoms with Crippen molar-refractivity contribution >= 4 is 28.0 Å². The van der Waals surface area contributed by atoms with Crippen molar-refractivity contribution in [2.45, 2.75) is 6.92 Å². The Morgan fingerprint density at radius 3 is 3.14 bits per heavy atom. The summed E-state index contributed by atoms with van der Waals surface area (Å²) in [7, 11) is 0. The normalized spacial score (nSPS) is 10.6. The average molecular weight is 316 g/mol. The van der Waals surface area contributed by atoms with Gasteiger partial charge in [0.1, 0.15) is 11.4 Å². The third kappa shape index (κ3) is 2.68. The van der Waals surface area contributed by atoms with E-state index in [4.69, 9.17) is 4.74 Å². The van der Waals surface area contributed by atoms with Crippen LogP contribution in [0.5, 0.6) is 5.88 Å². The molecule has 3 rings (SSSR count). The van der Waals surface area contributed by atoms with Gasteiger partial charge in [-0.05, 0) is 13.0 Å². The van der Waals surface area contributed by atoms with Gasteiger partial charge in [-0.25, -0.2) is 4.98 Å². The molecule has 0 aliphatic carbocycles. The van der Waals surface area contributed by atoms with Gasteiger partial charge in [0, 0.05) is 23.8 Å². The van der Waals surface area contributed by atoms with Crippen LogP contribution >= 0.6 is 11.3 Å². The molecule has 112 valence electrons. The first-order chi connectivity index (χ1) is 10.7. The molecule has 0 saturated heterocycles. The molecular formula is C14H12N4O3S. The summed E-state index contributed by atoms with van der Waals surface area (Å²) in [6, 6.07) is 5.02. The highest BCUT2D eigenvalue weighted by atomic mass is 32.1. The van der Waals surface area contributed by atoms with Crippen molar-refractivity contribution in [1.82, 2.24) is 14.4 Å². The van der Waals surface area contributed by atoms with Gasteiger partial charge in [0.15, 0.2) is 4.96 Å². The number of carbonyl (C=O) groups is 1. The molecule has 0 aliphatic rings. The van der Waals surface area contributed by atoms with Crippen LogP contribution in [0.3, 0.4) is 0 Å². The number of pyridine rings is 1. The zero-order valence-electron chi connectivity index (χ0n) is 11.6. The number of nitrogens with one attached hydrogen (secondary N) is 1. The van der Waals surface area contributed by atoms with E-state index in [0.29, 0.717) is 23.3 Å². The average Bonchev–Trinajstić information content (AvgIpc) is 2.97. The molecule has 0 aromatic carbocycles. The number of hydrogen-bond donors (Lipinski definition) is 1. The Labute approximate surface area is 129 Å². The second kappa shape index (κ2) is 5.94. The fraction of sp³-hybridized carbons (Fsp3) is 0.143. The summed E-state index contributed by atoms with van der Waals surface area (Å²) in [5, 5.41) is 4.31. The number of ether oxygens (including phenoxy) is 1. The third-order valence-corrected chi connectivity index (χ3v) is 3.62. The van der Waals surface area contributed by atoms with Gasteiger partial charge in [0.25, 0.3) is 11.5 Å². The van der Waals surface area contributed by atoms with Gasteiger partial charge in [0.2, 0.25) is 5.88 Å². The maximum atomic E-state index is 12.2. The van der Waals surface area contributed by atoms with Crippen LogP contribution in [-0.2, 0) is 0 Å². The SMILES string of the molecule is CCOc1cccc(NC(=O)c2cnc3sccn3c2=O)n1. The minimum Gasteiger partial charge on any atom is -0.478 e. The van der Waals surface area contributed by atoms with Gasteiger partial charge in [-0.2, -0.15) is 4.98 Å². The van der Waals surface area contributed by atoms with E-state index in [2.05, 4.69) is 15.3 Å². The van der Waals surface area contributed by atoms with Crippen LogP contribution < -0.4 is 15.6 Å². The highest BCUT2D eigenvalue weighted by Crippen LogP contribution is 2.12. The minimum absolute atomic E-state index is 0.0421. The lowest BCUT2D eigenvalue weighted by Gasteiger charge is -2.06. The minimum atomic E-state index is -0.556. The zero-order chi connectivity index (χ0) is 15.5. The van der Waals surface area contributed by atoms with Crippen molar-refractivity contribution in [3.63, 3.8) is 0 Å². The molecule has 3 aromatic heterocycles. The maximum absolute atomic E-state index is 12.2. The van der Waals surface area contributed by atoms with Crippen LogP contribution in [0, 0.1) is 0 Å². The van der Waals surface area contributed by atoms with Gasteiger partial charge in [0.05, 0.1) is 6.61 Å². The van der Waals surface area contributed by atoms with E-state index in [9.17, 15) is 9.59 Å². The lowest BCUT2D eigenvalue weighted by molar-refractivity contribution is 0.102. The van der Waals surface area contributed by atoms with Gasteiger partial charge in [-0.1, -0.05) is 6.07 Å². The van der Waals surface area contributed by atoms with Crippen molar-refractivity contribution in [1.29, 1.82) is 0 Å². The summed E-state index contributed by atoms with van der Waals surface area (Å²) in [5.41, 5.74) is -0.454. The number of amides is 1. The molecule has 0 spiro atoms. The Hall–Kier alpha value is -2.74. The van der Waals surface area contributed by atoms with Gasteiger partial charge >= 0.3 is 0 Å². The standard InChI is InChI=1S/C14H12N4O3S/c1-2-21-11-5-3-4-10(16-11)17-12(19)9-8-15-14-18(13(9)20)6-7-22-14/h3-8H,2H2,1H3,(H,16,17,19). The molecule has 3 heterocycles. The second-order valence-corrected chi connectivity index (χ2v) is 5.15. The predicted octanol–water partition coefficient (Wildman–Crippen LogP) is 1.80. The molecule has 1 N–H and O–H groups in total. The predicted molar refractivity (Wildman–Crippen MR) is 82.7 cm³/mol. The van der Waals surface area contributed by atoms with Crippen molar-refractivity contribution in [3.05, 3.63) is 51.9 Å². The van der Waals surface area contributed by atoms with Crippen LogP contribution in [0.25, 0.3) is 4.96 Å². The van der Waals surface area contributed by atoms with E-state index >= 15 is 0 Å². The first-order valence-corrected chi connectivity index (χ1v) is 7.43. The van der Waals surface area contributed by atoms with Crippen molar-refractivity contribution in [2.75, 3.05) is 11.9 Å². The zero-order valence-corrected chi connectivity index (χ0v) is 12.5. The summed E-state index contributed by atoms with van der Waals surface area (Å²) in [6.07, 6.45) is 2.86. The number of thiazole rings is 1. The Balaban J connectivity index is 1.88. The number of carbonyl (C=O) groups excluding carboxylic acids is 1. The molecule has 0 atom stereocenters. The number of nitrogens with zero attached hydrogens (tertiary/aromatic N) is 3. The van der Waals surface area contributed by atoms with E-state index in [-0.39, 0.29) is 5.56 Å². The van der Waals surface area contributed by atoms with Crippen LogP contribution in [-0.4, -0.2) is 26.9 Å². The summed E-state index contributed by atoms with van der Waals surface area (Å²) in [5.74, 6) is 0.161. The summed E-state index contributed by atoms with van der Waals surface area (Å²) >= 11 is 1.32. The van der Waals surface area contributed by atoms with Crippen LogP contribution in [0.2, 0.25) is 0 Å². The largest absolute Gasteiger partial charge is 0.478 e. The molecule has 0 unspecified atom stereocenters. The van der Waals surface area contributed by atoms with Gasteiger partial charge in [-0.15, -0.1) is 11.3 Å². The summed E-state index contributed by atoms with van der Waals surface area (Å²) in [6.45, 7) is 2.32. The molecular weight excluding hydrogens is 304 g/mol. The first-order valence-electron chi connectivity index (χ1n) is 6.55. The third-order valence-electron chi connectivity index (χ3n) is 2.84. The molecule has 7 nitrogen and oxygen atoms in total. The number of rotatable bonds is 4. The monoisotopic (exact) mass is 316 g/mol. The van der Waals surface area contributed by atoms with Crippen molar-refractivity contribution in [2.24, 2.45) is 0 Å². The number of aromatic nitrogens is 3. The number of anilines is 1. The van der Waals surface area contributed by atoms with E-state index in [1.54, 1.807) is 29.8 Å². The fourth-order valence-electron chi connectivity index (χ4n) is 1.88. The fourth-order valence-corrected chi connectivity index (χ4v) is 2.55. The molecule has 0 saturated carbocycles. The van der Waals surface area contributed by atoms with Crippen LogP contribution in [0.4, 0.5) is 5.82 Å². The summed E-state index contributed by atoms with van der Waals surface area (Å²) < 4.78 is 6.60. The molecule has 8 heteroatoms. The first kappa shape index (κ1) is 14.2. The van der Waals surface area contributed by atoms with Crippen molar-refractivity contribution < 1.29 is 9.53 Å². The lowest BCUT2D eigenvalue weighted by atomic mass is 10.3. The van der Waals surface area contributed by atoms with Gasteiger partial charge in [-0.3, -0.25) is 14.0 Å². The Morgan fingerprint density at radius 1 is 1.45 bits per heavy atom. The van der Waals surface area contributed by atoms with E-state index in [1.807, 2.05) is 6.92 Å². The van der Waals surface area contributed by atoms with E-state index in [0.717, 1.165) is 0 Å². The smallest absolute Gasteiger partial charge is 0.271 e. The second-order valence-electron chi connectivity index (χ2n) is 4.28.